The Morgan fingerprint density at radius 2 is 1.03 bits per heavy atom. The van der Waals surface area contributed by atoms with Gasteiger partial charge in [0, 0.05) is 10.8 Å². The van der Waals surface area contributed by atoms with E-state index in [0.29, 0.717) is 45.2 Å². The van der Waals surface area contributed by atoms with Crippen LogP contribution in [0.3, 0.4) is 0 Å². The lowest BCUT2D eigenvalue weighted by atomic mass is 9.61. The summed E-state index contributed by atoms with van der Waals surface area (Å²) < 4.78 is 0. The highest BCUT2D eigenvalue weighted by Crippen LogP contribution is 2.49. The van der Waals surface area contributed by atoms with Gasteiger partial charge in [-0.3, -0.25) is 9.98 Å². The quantitative estimate of drug-likeness (QED) is 0.257. The largest absolute Gasteiger partial charge is 0.507 e. The predicted molar refractivity (Wildman–Crippen MR) is 154 cm³/mol. The molecule has 2 heterocycles. The van der Waals surface area contributed by atoms with Crippen LogP contribution in [0.25, 0.3) is 21.5 Å². The highest BCUT2D eigenvalue weighted by atomic mass is 16.3. The molecule has 0 saturated heterocycles. The van der Waals surface area contributed by atoms with E-state index >= 15 is 0 Å². The van der Waals surface area contributed by atoms with E-state index in [0.717, 1.165) is 23.6 Å². The van der Waals surface area contributed by atoms with Gasteiger partial charge < -0.3 is 10.2 Å². The summed E-state index contributed by atoms with van der Waals surface area (Å²) in [5.41, 5.74) is 2.32. The number of benzene rings is 3. The minimum Gasteiger partial charge on any atom is -0.507 e. The van der Waals surface area contributed by atoms with Gasteiger partial charge in [0.15, 0.2) is 0 Å². The monoisotopic (exact) mass is 510 g/mol. The molecule has 6 unspecified atom stereocenters. The Morgan fingerprint density at radius 3 is 1.42 bits per heavy atom. The second-order valence-corrected chi connectivity index (χ2v) is 14.4. The molecule has 0 amide bonds. The van der Waals surface area contributed by atoms with E-state index in [1.54, 1.807) is 0 Å². The predicted octanol–water partition coefficient (Wildman–Crippen LogP) is 6.84. The van der Waals surface area contributed by atoms with Crippen LogP contribution >= 0.6 is 0 Å². The lowest BCUT2D eigenvalue weighted by Crippen LogP contribution is -2.47. The van der Waals surface area contributed by atoms with Crippen molar-refractivity contribution in [2.24, 2.45) is 33.7 Å². The summed E-state index contributed by atoms with van der Waals surface area (Å²) in [6.07, 6.45) is 7.08. The van der Waals surface area contributed by atoms with Gasteiger partial charge >= 0.3 is 0 Å². The lowest BCUT2D eigenvalue weighted by molar-refractivity contribution is 0.159. The van der Waals surface area contributed by atoms with E-state index < -0.39 is 0 Å². The van der Waals surface area contributed by atoms with Gasteiger partial charge in [-0.2, -0.15) is 0 Å². The van der Waals surface area contributed by atoms with Crippen LogP contribution in [0.1, 0.15) is 91.2 Å². The minimum absolute atomic E-state index is 0.0327. The normalized spacial score (nSPS) is 32.9. The van der Waals surface area contributed by atoms with E-state index in [-0.39, 0.29) is 34.4 Å². The van der Waals surface area contributed by atoms with Gasteiger partial charge in [-0.15, -0.1) is 0 Å². The van der Waals surface area contributed by atoms with Gasteiger partial charge in [-0.25, -0.2) is 0 Å². The number of fused-ring (bicyclic) bond motifs is 8. The molecule has 200 valence electrons. The summed E-state index contributed by atoms with van der Waals surface area (Å²) in [7, 11) is 0. The fourth-order valence-electron chi connectivity index (χ4n) is 9.04. The van der Waals surface area contributed by atoms with Crippen molar-refractivity contribution in [3.8, 4) is 11.5 Å². The van der Waals surface area contributed by atoms with Crippen LogP contribution in [-0.4, -0.2) is 22.3 Å². The minimum atomic E-state index is -0.0327. The summed E-state index contributed by atoms with van der Waals surface area (Å²) in [6, 6.07) is 8.88. The van der Waals surface area contributed by atoms with Gasteiger partial charge in [0.1, 0.15) is 11.5 Å². The van der Waals surface area contributed by atoms with Gasteiger partial charge in [-0.1, -0.05) is 78.6 Å². The summed E-state index contributed by atoms with van der Waals surface area (Å²) in [5, 5.41) is 28.4. The van der Waals surface area contributed by atoms with Gasteiger partial charge in [-0.05, 0) is 71.3 Å². The summed E-state index contributed by atoms with van der Waals surface area (Å²) >= 11 is 0. The molecule has 4 heteroatoms. The molecule has 2 fully saturated rings. The number of rotatable bonds is 0. The second-order valence-electron chi connectivity index (χ2n) is 14.4. The van der Waals surface area contributed by atoms with Crippen LogP contribution in [0.15, 0.2) is 34.3 Å². The van der Waals surface area contributed by atoms with E-state index in [9.17, 15) is 10.2 Å². The van der Waals surface area contributed by atoms with Crippen molar-refractivity contribution >= 4 is 21.5 Å². The molecule has 38 heavy (non-hydrogen) atoms. The zero-order valence-electron chi connectivity index (χ0n) is 23.8. The van der Waals surface area contributed by atoms with Crippen LogP contribution < -0.4 is 10.7 Å². The van der Waals surface area contributed by atoms with Gasteiger partial charge in [0.2, 0.25) is 0 Å². The Labute approximate surface area is 225 Å². The third-order valence-electron chi connectivity index (χ3n) is 11.3. The van der Waals surface area contributed by atoms with Gasteiger partial charge in [0.25, 0.3) is 0 Å². The Hall–Kier alpha value is -2.62. The fourth-order valence-corrected chi connectivity index (χ4v) is 9.04. The van der Waals surface area contributed by atoms with E-state index in [1.165, 1.54) is 36.8 Å². The second kappa shape index (κ2) is 7.96. The standard InChI is InChI=1S/C34H42N2O2/c1-17-7-11-21-25(15-17)35-29-23(33(21,3)4)13-9-19-27(29)31(37)20-10-14-24-30(28(20)32(19)38)36-26-16-18(2)8-12-22(26)34(24,5)6/h9-10,13-14,17-18,21-22,25-26,37-38H,7-8,11-12,15-16H2,1-6H3. The summed E-state index contributed by atoms with van der Waals surface area (Å²) in [5.74, 6) is 2.83. The summed E-state index contributed by atoms with van der Waals surface area (Å²) in [6.45, 7) is 14.0. The van der Waals surface area contributed by atoms with Crippen molar-refractivity contribution in [1.82, 2.24) is 0 Å². The molecule has 2 aliphatic carbocycles. The van der Waals surface area contributed by atoms with Crippen LogP contribution in [0.4, 0.5) is 0 Å². The number of hydrogen-bond donors (Lipinski definition) is 2. The Kier molecular flexibility index (Phi) is 5.11. The average Bonchev–Trinajstić information content (AvgIpc) is 2.85. The topological polar surface area (TPSA) is 65.2 Å². The van der Waals surface area contributed by atoms with Crippen molar-refractivity contribution in [1.29, 1.82) is 0 Å². The van der Waals surface area contributed by atoms with Crippen molar-refractivity contribution in [2.75, 3.05) is 0 Å². The maximum atomic E-state index is 11.9. The molecule has 4 nitrogen and oxygen atoms in total. The molecule has 3 aromatic carbocycles. The first kappa shape index (κ1) is 24.4. The van der Waals surface area contributed by atoms with E-state index in [2.05, 4.69) is 53.7 Å². The lowest BCUT2D eigenvalue weighted by Gasteiger charge is -2.46. The first-order valence-corrected chi connectivity index (χ1v) is 14.9. The molecule has 3 aromatic rings. The molecule has 2 aliphatic heterocycles. The van der Waals surface area contributed by atoms with Crippen LogP contribution in [0.2, 0.25) is 0 Å². The molecule has 0 radical (unpaired) electrons. The van der Waals surface area contributed by atoms with Crippen LogP contribution in [0, 0.1) is 23.7 Å². The maximum absolute atomic E-state index is 11.9. The van der Waals surface area contributed by atoms with E-state index in [1.807, 2.05) is 12.1 Å². The third kappa shape index (κ3) is 3.15. The molecule has 0 spiro atoms. The zero-order valence-corrected chi connectivity index (χ0v) is 23.8. The maximum Gasteiger partial charge on any atom is 0.133 e. The van der Waals surface area contributed by atoms with Crippen LogP contribution in [0.5, 0.6) is 11.5 Å². The molecule has 2 N–H and O–H groups in total. The molecular formula is C34H42N2O2. The average molecular weight is 511 g/mol. The Bertz CT molecular complexity index is 1500. The SMILES string of the molecule is CC1CCC2C(C1)N=c1c(ccc3c(O)c4c5c(ccc4c(O)c13)C(C)(C)C1CCC(C)CC1N=5)C2(C)C. The number of nitrogens with zero attached hydrogens (tertiary/aromatic N) is 2. The van der Waals surface area contributed by atoms with Crippen LogP contribution in [-0.2, 0) is 10.8 Å². The summed E-state index contributed by atoms with van der Waals surface area (Å²) in [4.78, 5) is 10.7. The first-order valence-electron chi connectivity index (χ1n) is 14.9. The van der Waals surface area contributed by atoms with Crippen molar-refractivity contribution < 1.29 is 10.2 Å². The highest BCUT2D eigenvalue weighted by molar-refractivity contribution is 6.10. The van der Waals surface area contributed by atoms with Crippen molar-refractivity contribution in [3.63, 3.8) is 0 Å². The molecule has 2 saturated carbocycles. The first-order chi connectivity index (χ1) is 18.0. The third-order valence-corrected chi connectivity index (χ3v) is 11.3. The van der Waals surface area contributed by atoms with Crippen molar-refractivity contribution in [3.05, 3.63) is 46.1 Å². The Morgan fingerprint density at radius 1 is 0.632 bits per heavy atom. The number of aromatic hydroxyl groups is 2. The molecule has 4 aliphatic rings. The van der Waals surface area contributed by atoms with E-state index in [4.69, 9.17) is 9.98 Å². The molecular weight excluding hydrogens is 468 g/mol. The molecule has 0 aromatic heterocycles. The molecule has 0 bridgehead atoms. The molecule has 7 rings (SSSR count). The number of phenols is 2. The molecule has 6 atom stereocenters. The fraction of sp³-hybridized carbons (Fsp3) is 0.588. The Balaban J connectivity index is 1.55. The highest BCUT2D eigenvalue weighted by Gasteiger charge is 2.45. The number of hydrogen-bond acceptors (Lipinski definition) is 4. The zero-order chi connectivity index (χ0) is 26.7. The van der Waals surface area contributed by atoms with Gasteiger partial charge in [0.05, 0.1) is 33.6 Å². The smallest absolute Gasteiger partial charge is 0.133 e. The van der Waals surface area contributed by atoms with Crippen molar-refractivity contribution in [2.45, 2.75) is 103 Å². The number of phenolic OH excluding ortho intramolecular Hbond substituents is 2.